The van der Waals surface area contributed by atoms with Crippen LogP contribution in [0.25, 0.3) is 0 Å². The van der Waals surface area contributed by atoms with Gasteiger partial charge in [-0.15, -0.1) is 0 Å². The van der Waals surface area contributed by atoms with Crippen LogP contribution in [0.5, 0.6) is 5.75 Å². The van der Waals surface area contributed by atoms with Crippen LogP contribution in [-0.2, 0) is 34.5 Å². The second-order valence-corrected chi connectivity index (χ2v) is 10.3. The predicted molar refractivity (Wildman–Crippen MR) is 136 cm³/mol. The topological polar surface area (TPSA) is 68.3 Å². The Morgan fingerprint density at radius 2 is 1.48 bits per heavy atom. The maximum Gasteiger partial charge on any atom is 0.420 e. The summed E-state index contributed by atoms with van der Waals surface area (Å²) in [5.74, 6) is -0.908. The number of alkyl halides is 9. The molecular weight excluding hydrogens is 615 g/mol. The fourth-order valence-corrected chi connectivity index (χ4v) is 5.42. The number of fused-ring (bicyclic) bond motifs is 1. The van der Waals surface area contributed by atoms with Crippen LogP contribution in [0.4, 0.5) is 54.8 Å². The number of carbonyl (C=O) groups excluding carboxylic acids is 2. The van der Waals surface area contributed by atoms with Gasteiger partial charge >= 0.3 is 30.7 Å². The molecule has 0 saturated heterocycles. The molecule has 1 aliphatic carbocycles. The minimum atomic E-state index is -5.16. The van der Waals surface area contributed by atoms with Gasteiger partial charge in [-0.1, -0.05) is 0 Å². The lowest BCUT2D eigenvalue weighted by Gasteiger charge is -2.44. The average Bonchev–Trinajstić information content (AvgIpc) is 3.78. The number of nitrogens with zero attached hydrogens (tertiary/aromatic N) is 2. The quantitative estimate of drug-likeness (QED) is 0.297. The third-order valence-electron chi connectivity index (χ3n) is 7.49. The minimum Gasteiger partial charge on any atom is -0.496 e. The molecule has 2 amide bonds. The number of rotatable bonds is 6. The van der Waals surface area contributed by atoms with E-state index in [1.165, 1.54) is 6.92 Å². The van der Waals surface area contributed by atoms with Crippen molar-refractivity contribution in [3.05, 3.63) is 58.1 Å². The smallest absolute Gasteiger partial charge is 0.420 e. The van der Waals surface area contributed by atoms with Crippen LogP contribution in [-0.4, -0.2) is 44.0 Å². The van der Waals surface area contributed by atoms with E-state index in [0.717, 1.165) is 30.1 Å². The van der Waals surface area contributed by atoms with Gasteiger partial charge in [-0.3, -0.25) is 9.80 Å². The summed E-state index contributed by atoms with van der Waals surface area (Å²) >= 11 is 0. The molecule has 2 aromatic rings. The van der Waals surface area contributed by atoms with Crippen molar-refractivity contribution in [2.45, 2.75) is 63.3 Å². The third kappa shape index (κ3) is 6.78. The van der Waals surface area contributed by atoms with E-state index in [1.807, 2.05) is 0 Å². The molecular formula is C28H27F9N2O5. The lowest BCUT2D eigenvalue weighted by Crippen LogP contribution is -2.50. The van der Waals surface area contributed by atoms with Crippen LogP contribution >= 0.6 is 0 Å². The first kappa shape index (κ1) is 33.1. The normalized spacial score (nSPS) is 18.9. The van der Waals surface area contributed by atoms with Crippen molar-refractivity contribution in [3.63, 3.8) is 0 Å². The number of hydrogen-bond acceptors (Lipinski definition) is 5. The molecule has 2 aromatic carbocycles. The maximum absolute atomic E-state index is 14.1. The van der Waals surface area contributed by atoms with Crippen molar-refractivity contribution in [1.29, 1.82) is 0 Å². The summed E-state index contributed by atoms with van der Waals surface area (Å²) in [7, 11) is 1.90. The number of benzene rings is 2. The number of carbonyl (C=O) groups is 2. The molecule has 2 aliphatic rings. The largest absolute Gasteiger partial charge is 0.496 e. The summed E-state index contributed by atoms with van der Waals surface area (Å²) in [5.41, 5.74) is -5.41. The summed E-state index contributed by atoms with van der Waals surface area (Å²) in [6.07, 6.45) is -16.4. The highest BCUT2D eigenvalue weighted by Gasteiger charge is 2.49. The number of hydrogen-bond donors (Lipinski definition) is 0. The van der Waals surface area contributed by atoms with E-state index in [1.54, 1.807) is 0 Å². The number of ether oxygens (including phenoxy) is 3. The van der Waals surface area contributed by atoms with Crippen molar-refractivity contribution >= 4 is 17.9 Å². The van der Waals surface area contributed by atoms with Gasteiger partial charge < -0.3 is 14.2 Å². The van der Waals surface area contributed by atoms with E-state index in [9.17, 15) is 49.1 Å². The van der Waals surface area contributed by atoms with Crippen molar-refractivity contribution < 1.29 is 63.3 Å². The van der Waals surface area contributed by atoms with E-state index >= 15 is 0 Å². The highest BCUT2D eigenvalue weighted by Crippen LogP contribution is 2.52. The number of halogens is 9. The van der Waals surface area contributed by atoms with Crippen LogP contribution in [0, 0.1) is 5.92 Å². The highest BCUT2D eigenvalue weighted by molar-refractivity contribution is 5.91. The molecule has 4 rings (SSSR count). The summed E-state index contributed by atoms with van der Waals surface area (Å²) in [4.78, 5) is 28.1. The molecule has 0 bridgehead atoms. The molecule has 2 unspecified atom stereocenters. The van der Waals surface area contributed by atoms with Gasteiger partial charge in [0, 0.05) is 18.2 Å². The second-order valence-electron chi connectivity index (χ2n) is 10.3. The molecule has 44 heavy (non-hydrogen) atoms. The average molecular weight is 643 g/mol. The van der Waals surface area contributed by atoms with Crippen LogP contribution in [0.15, 0.2) is 30.3 Å². The molecule has 242 valence electrons. The van der Waals surface area contributed by atoms with Gasteiger partial charge in [-0.2, -0.15) is 39.5 Å². The zero-order valence-corrected chi connectivity index (χ0v) is 23.5. The predicted octanol–water partition coefficient (Wildman–Crippen LogP) is 8.21. The molecule has 0 N–H and O–H groups in total. The van der Waals surface area contributed by atoms with Gasteiger partial charge in [0.05, 0.1) is 49.2 Å². The van der Waals surface area contributed by atoms with Crippen LogP contribution in [0.3, 0.4) is 0 Å². The Bertz CT molecular complexity index is 1370. The van der Waals surface area contributed by atoms with E-state index in [4.69, 9.17) is 14.2 Å². The summed E-state index contributed by atoms with van der Waals surface area (Å²) < 4.78 is 139. The molecule has 7 nitrogen and oxygen atoms in total. The van der Waals surface area contributed by atoms with E-state index in [2.05, 4.69) is 0 Å². The van der Waals surface area contributed by atoms with Gasteiger partial charge in [-0.05, 0) is 68.0 Å². The second kappa shape index (κ2) is 11.9. The van der Waals surface area contributed by atoms with Gasteiger partial charge in [0.2, 0.25) is 0 Å². The molecule has 0 radical (unpaired) electrons. The van der Waals surface area contributed by atoms with Crippen molar-refractivity contribution in [2.24, 2.45) is 5.92 Å². The van der Waals surface area contributed by atoms with Gasteiger partial charge in [-0.25, -0.2) is 9.59 Å². The number of methoxy groups -OCH3 is 2. The number of anilines is 1. The Morgan fingerprint density at radius 1 is 0.886 bits per heavy atom. The fraction of sp³-hybridized carbons (Fsp3) is 0.500. The Balaban J connectivity index is 1.93. The van der Waals surface area contributed by atoms with Crippen LogP contribution < -0.4 is 9.64 Å². The Labute approximate surface area is 245 Å². The van der Waals surface area contributed by atoms with Crippen molar-refractivity contribution in [1.82, 2.24) is 4.90 Å². The van der Waals surface area contributed by atoms with Crippen LogP contribution in [0.1, 0.15) is 60.0 Å². The summed E-state index contributed by atoms with van der Waals surface area (Å²) in [6, 6.07) is 0.368. The zero-order chi connectivity index (χ0) is 32.8. The van der Waals surface area contributed by atoms with Crippen LogP contribution in [0.2, 0.25) is 0 Å². The molecule has 1 aliphatic heterocycles. The molecule has 2 atom stereocenters. The standard InChI is InChI=1S/C28H27F9N2O5/c1-4-44-25(41)39-20(15-5-6-15)12-21(18-10-23(42-2)19(11-22(18)39)28(35,36)37)38(24(40)43-3)13-14-7-16(26(29,30)31)9-17(8-14)27(32,33)34/h7-11,15,20-21H,4-6,12-13H2,1-3H3. The van der Waals surface area contributed by atoms with E-state index in [-0.39, 0.29) is 36.3 Å². The molecule has 1 fully saturated rings. The van der Waals surface area contributed by atoms with Crippen molar-refractivity contribution in [2.75, 3.05) is 25.7 Å². The third-order valence-corrected chi connectivity index (χ3v) is 7.49. The Hall–Kier alpha value is -3.85. The summed E-state index contributed by atoms with van der Waals surface area (Å²) in [6.45, 7) is 0.541. The summed E-state index contributed by atoms with van der Waals surface area (Å²) in [5, 5.41) is 0. The molecule has 0 aromatic heterocycles. The highest BCUT2D eigenvalue weighted by atomic mass is 19.4. The Morgan fingerprint density at radius 3 is 1.93 bits per heavy atom. The maximum atomic E-state index is 14.1. The lowest BCUT2D eigenvalue weighted by atomic mass is 9.86. The lowest BCUT2D eigenvalue weighted by molar-refractivity contribution is -0.143. The van der Waals surface area contributed by atoms with Crippen molar-refractivity contribution in [3.8, 4) is 5.75 Å². The first-order chi connectivity index (χ1) is 20.4. The minimum absolute atomic E-state index is 0.0637. The number of amides is 2. The fourth-order valence-electron chi connectivity index (χ4n) is 5.42. The molecule has 1 saturated carbocycles. The van der Waals surface area contributed by atoms with E-state index < -0.39 is 77.3 Å². The first-order valence-electron chi connectivity index (χ1n) is 13.3. The van der Waals surface area contributed by atoms with Gasteiger partial charge in [0.25, 0.3) is 0 Å². The molecule has 16 heteroatoms. The monoisotopic (exact) mass is 642 g/mol. The first-order valence-corrected chi connectivity index (χ1v) is 13.3. The molecule has 0 spiro atoms. The molecule has 1 heterocycles. The SMILES string of the molecule is CCOC(=O)N1c2cc(C(F)(F)F)c(OC)cc2C(N(Cc2cc(C(F)(F)F)cc(C(F)(F)F)c2)C(=O)OC)CC1C1CC1. The zero-order valence-electron chi connectivity index (χ0n) is 23.5. The van der Waals surface area contributed by atoms with Gasteiger partial charge in [0.15, 0.2) is 0 Å². The van der Waals surface area contributed by atoms with Gasteiger partial charge in [0.1, 0.15) is 5.75 Å². The van der Waals surface area contributed by atoms with E-state index in [0.29, 0.717) is 31.0 Å². The Kier molecular flexibility index (Phi) is 8.95.